The van der Waals surface area contributed by atoms with Crippen molar-refractivity contribution in [2.75, 3.05) is 5.32 Å². The molecule has 0 saturated carbocycles. The maximum absolute atomic E-state index is 13.7. The number of hydrogen-bond acceptors (Lipinski definition) is 4. The fourth-order valence-electron chi connectivity index (χ4n) is 3.14. The van der Waals surface area contributed by atoms with E-state index in [1.165, 1.54) is 35.6 Å². The van der Waals surface area contributed by atoms with Gasteiger partial charge in [0.15, 0.2) is 10.8 Å². The molecule has 0 unspecified atom stereocenters. The van der Waals surface area contributed by atoms with Gasteiger partial charge in [0.05, 0.1) is 23.1 Å². The predicted octanol–water partition coefficient (Wildman–Crippen LogP) is 5.13. The molecule has 0 spiro atoms. The van der Waals surface area contributed by atoms with Crippen LogP contribution >= 0.6 is 22.9 Å². The maximum Gasteiger partial charge on any atom is 0.434 e. The minimum atomic E-state index is -4.77. The summed E-state index contributed by atoms with van der Waals surface area (Å²) in [7, 11) is 0. The summed E-state index contributed by atoms with van der Waals surface area (Å²) in [6, 6.07) is 5.72. The van der Waals surface area contributed by atoms with Crippen LogP contribution in [0.25, 0.3) is 5.69 Å². The predicted molar refractivity (Wildman–Crippen MR) is 100 cm³/mol. The molecule has 4 rings (SSSR count). The van der Waals surface area contributed by atoms with E-state index in [0.29, 0.717) is 14.8 Å². The highest BCUT2D eigenvalue weighted by atomic mass is 35.5. The molecule has 1 aromatic carbocycles. The molecule has 28 heavy (non-hydrogen) atoms. The van der Waals surface area contributed by atoms with Crippen LogP contribution in [0.3, 0.4) is 0 Å². The Balaban J connectivity index is 1.68. The summed E-state index contributed by atoms with van der Waals surface area (Å²) in [5.74, 6) is -0.890. The summed E-state index contributed by atoms with van der Waals surface area (Å²) in [4.78, 5) is 18.0. The van der Waals surface area contributed by atoms with Gasteiger partial charge in [-0.05, 0) is 49.9 Å². The third kappa shape index (κ3) is 3.64. The number of aromatic nitrogens is 3. The number of alkyl halides is 3. The van der Waals surface area contributed by atoms with Crippen molar-refractivity contribution >= 4 is 34.0 Å². The van der Waals surface area contributed by atoms with E-state index < -0.39 is 23.3 Å². The molecular weight excluding hydrogens is 413 g/mol. The third-order valence-corrected chi connectivity index (χ3v) is 5.74. The van der Waals surface area contributed by atoms with Crippen molar-refractivity contribution in [1.82, 2.24) is 14.8 Å². The van der Waals surface area contributed by atoms with Gasteiger partial charge in [-0.15, -0.1) is 11.3 Å². The van der Waals surface area contributed by atoms with E-state index in [0.717, 1.165) is 42.5 Å². The van der Waals surface area contributed by atoms with Gasteiger partial charge in [0.25, 0.3) is 5.91 Å². The molecule has 0 saturated heterocycles. The molecule has 5 nitrogen and oxygen atoms in total. The van der Waals surface area contributed by atoms with E-state index >= 15 is 0 Å². The van der Waals surface area contributed by atoms with E-state index in [4.69, 9.17) is 11.6 Å². The Labute approximate surface area is 167 Å². The monoisotopic (exact) mass is 426 g/mol. The quantitative estimate of drug-likeness (QED) is 0.631. The van der Waals surface area contributed by atoms with Crippen LogP contribution in [0.4, 0.5) is 18.3 Å². The summed E-state index contributed by atoms with van der Waals surface area (Å²) in [5.41, 5.74) is -0.635. The lowest BCUT2D eigenvalue weighted by Gasteiger charge is -2.12. The fourth-order valence-corrected chi connectivity index (χ4v) is 4.31. The summed E-state index contributed by atoms with van der Waals surface area (Å²) in [6.45, 7) is 0. The zero-order valence-electron chi connectivity index (χ0n) is 14.4. The van der Waals surface area contributed by atoms with E-state index in [-0.39, 0.29) is 5.69 Å². The van der Waals surface area contributed by atoms with Crippen molar-refractivity contribution < 1.29 is 18.0 Å². The van der Waals surface area contributed by atoms with Crippen LogP contribution in [0.15, 0.2) is 30.5 Å². The van der Waals surface area contributed by atoms with Gasteiger partial charge in [0, 0.05) is 9.90 Å². The summed E-state index contributed by atoms with van der Waals surface area (Å²) in [5, 5.41) is 6.98. The number of carbonyl (C=O) groups is 1. The van der Waals surface area contributed by atoms with Crippen molar-refractivity contribution in [2.45, 2.75) is 31.9 Å². The molecular formula is C18H14ClF3N4OS. The van der Waals surface area contributed by atoms with Crippen molar-refractivity contribution in [3.05, 3.63) is 57.3 Å². The minimum Gasteiger partial charge on any atom is -0.298 e. The molecule has 0 aliphatic heterocycles. The van der Waals surface area contributed by atoms with E-state index in [2.05, 4.69) is 15.4 Å². The molecule has 1 aliphatic rings. The molecule has 2 aromatic heterocycles. The first-order valence-corrected chi connectivity index (χ1v) is 9.73. The second-order valence-electron chi connectivity index (χ2n) is 6.34. The number of anilines is 1. The van der Waals surface area contributed by atoms with Gasteiger partial charge in [0.2, 0.25) is 0 Å². The number of aryl methyl sites for hydroxylation is 2. The Morgan fingerprint density at radius 2 is 1.89 bits per heavy atom. The Morgan fingerprint density at radius 3 is 2.57 bits per heavy atom. The maximum atomic E-state index is 13.7. The third-order valence-electron chi connectivity index (χ3n) is 4.42. The molecule has 0 atom stereocenters. The van der Waals surface area contributed by atoms with Gasteiger partial charge in [-0.25, -0.2) is 9.67 Å². The van der Waals surface area contributed by atoms with E-state index in [9.17, 15) is 18.0 Å². The summed E-state index contributed by atoms with van der Waals surface area (Å²) >= 11 is 7.11. The van der Waals surface area contributed by atoms with E-state index in [1.807, 2.05) is 0 Å². The zero-order chi connectivity index (χ0) is 19.9. The first-order chi connectivity index (χ1) is 13.3. The van der Waals surface area contributed by atoms with Crippen molar-refractivity contribution in [1.29, 1.82) is 0 Å². The topological polar surface area (TPSA) is 59.8 Å². The number of hydrogen-bond donors (Lipinski definition) is 1. The lowest BCUT2D eigenvalue weighted by Crippen LogP contribution is -2.20. The Bertz CT molecular complexity index is 1000. The van der Waals surface area contributed by atoms with Crippen molar-refractivity contribution in [3.8, 4) is 5.69 Å². The van der Waals surface area contributed by atoms with Crippen molar-refractivity contribution in [3.63, 3.8) is 0 Å². The SMILES string of the molecule is O=C(Nc1nc2c(s1)CCCC2)c1cnn(-c2ccc(Cl)cc2)c1C(F)(F)F. The first-order valence-electron chi connectivity index (χ1n) is 8.54. The lowest BCUT2D eigenvalue weighted by molar-refractivity contribution is -0.143. The molecule has 1 aliphatic carbocycles. The lowest BCUT2D eigenvalue weighted by atomic mass is 10.0. The van der Waals surface area contributed by atoms with Gasteiger partial charge in [-0.2, -0.15) is 18.3 Å². The largest absolute Gasteiger partial charge is 0.434 e. The average molecular weight is 427 g/mol. The summed E-state index contributed by atoms with van der Waals surface area (Å²) < 4.78 is 41.8. The molecule has 3 aromatic rings. The molecule has 0 bridgehead atoms. The van der Waals surface area contributed by atoms with Crippen LogP contribution in [0, 0.1) is 0 Å². The van der Waals surface area contributed by atoms with Gasteiger partial charge >= 0.3 is 6.18 Å². The second kappa shape index (κ2) is 7.21. The first kappa shape index (κ1) is 18.9. The van der Waals surface area contributed by atoms with Gasteiger partial charge < -0.3 is 0 Å². The van der Waals surface area contributed by atoms with Gasteiger partial charge in [-0.1, -0.05) is 11.6 Å². The molecule has 10 heteroatoms. The number of halogens is 4. The number of benzene rings is 1. The zero-order valence-corrected chi connectivity index (χ0v) is 16.0. The number of amides is 1. The second-order valence-corrected chi connectivity index (χ2v) is 7.86. The fraction of sp³-hybridized carbons (Fsp3) is 0.278. The highest BCUT2D eigenvalue weighted by molar-refractivity contribution is 7.15. The van der Waals surface area contributed by atoms with Crippen molar-refractivity contribution in [2.24, 2.45) is 0 Å². The van der Waals surface area contributed by atoms with E-state index in [1.54, 1.807) is 0 Å². The Hall–Kier alpha value is -2.39. The Morgan fingerprint density at radius 1 is 1.18 bits per heavy atom. The normalized spacial score (nSPS) is 14.0. The standard InChI is InChI=1S/C18H14ClF3N4OS/c19-10-5-7-11(8-6-10)26-15(18(20,21)22)12(9-23-26)16(27)25-17-24-13-3-1-2-4-14(13)28-17/h5-9H,1-4H2,(H,24,25,27). The number of rotatable bonds is 3. The number of nitrogens with one attached hydrogen (secondary N) is 1. The van der Waals surface area contributed by atoms with Crippen LogP contribution in [-0.2, 0) is 19.0 Å². The van der Waals surface area contributed by atoms with Gasteiger partial charge in [0.1, 0.15) is 0 Å². The summed E-state index contributed by atoms with van der Waals surface area (Å²) in [6.07, 6.45) is -0.0781. The number of fused-ring (bicyclic) bond motifs is 1. The number of thiazole rings is 1. The molecule has 1 amide bonds. The van der Waals surface area contributed by atoms with Crippen LogP contribution in [0.1, 0.15) is 39.5 Å². The highest BCUT2D eigenvalue weighted by Crippen LogP contribution is 2.35. The Kier molecular flexibility index (Phi) is 4.88. The number of carbonyl (C=O) groups excluding carboxylic acids is 1. The molecule has 0 fully saturated rings. The molecule has 146 valence electrons. The molecule has 1 N–H and O–H groups in total. The van der Waals surface area contributed by atoms with Crippen LogP contribution in [0.2, 0.25) is 5.02 Å². The number of nitrogens with zero attached hydrogens (tertiary/aromatic N) is 3. The van der Waals surface area contributed by atoms with Crippen LogP contribution in [0.5, 0.6) is 0 Å². The molecule has 0 radical (unpaired) electrons. The minimum absolute atomic E-state index is 0.153. The molecule has 2 heterocycles. The smallest absolute Gasteiger partial charge is 0.298 e. The highest BCUT2D eigenvalue weighted by Gasteiger charge is 2.40. The van der Waals surface area contributed by atoms with Crippen LogP contribution in [-0.4, -0.2) is 20.7 Å². The van der Waals surface area contributed by atoms with Crippen LogP contribution < -0.4 is 5.32 Å². The average Bonchev–Trinajstić information content (AvgIpc) is 3.25. The van der Waals surface area contributed by atoms with Gasteiger partial charge in [-0.3, -0.25) is 10.1 Å².